The molecule has 2 nitrogen and oxygen atoms in total. The molecule has 1 aromatic rings. The number of Topliss-reactive ketones (excluding diaryl/α,β-unsaturated/α-hetero) is 1. The SMILES string of the molecule is CC(C)C(O)C(=O)c1cccc(F)c1. The van der Waals surface area contributed by atoms with Crippen LogP contribution in [-0.2, 0) is 0 Å². The van der Waals surface area contributed by atoms with Gasteiger partial charge in [0.15, 0.2) is 5.78 Å². The average Bonchev–Trinajstić information content (AvgIpc) is 2.15. The zero-order chi connectivity index (χ0) is 10.7. The van der Waals surface area contributed by atoms with Gasteiger partial charge in [0.05, 0.1) is 0 Å². The molecular weight excluding hydrogens is 183 g/mol. The summed E-state index contributed by atoms with van der Waals surface area (Å²) >= 11 is 0. The first-order valence-electron chi connectivity index (χ1n) is 4.50. The minimum absolute atomic E-state index is 0.161. The van der Waals surface area contributed by atoms with Gasteiger partial charge < -0.3 is 5.11 Å². The van der Waals surface area contributed by atoms with Gasteiger partial charge in [-0.25, -0.2) is 4.39 Å². The Kier molecular flexibility index (Phi) is 3.36. The van der Waals surface area contributed by atoms with E-state index >= 15 is 0 Å². The molecule has 14 heavy (non-hydrogen) atoms. The van der Waals surface area contributed by atoms with E-state index < -0.39 is 17.7 Å². The Labute approximate surface area is 82.4 Å². The fourth-order valence-corrected chi connectivity index (χ4v) is 1.12. The molecule has 76 valence electrons. The molecule has 0 heterocycles. The number of ketones is 1. The molecule has 0 aliphatic rings. The summed E-state index contributed by atoms with van der Waals surface area (Å²) in [5.41, 5.74) is 0.214. The highest BCUT2D eigenvalue weighted by molar-refractivity contribution is 5.99. The fourth-order valence-electron chi connectivity index (χ4n) is 1.12. The number of hydrogen-bond acceptors (Lipinski definition) is 2. The summed E-state index contributed by atoms with van der Waals surface area (Å²) in [6.07, 6.45) is -1.06. The second-order valence-corrected chi connectivity index (χ2v) is 3.56. The quantitative estimate of drug-likeness (QED) is 0.751. The van der Waals surface area contributed by atoms with Crippen molar-refractivity contribution in [2.24, 2.45) is 5.92 Å². The predicted octanol–water partition coefficient (Wildman–Crippen LogP) is 2.03. The number of halogens is 1. The standard InChI is InChI=1S/C11H13FO2/c1-7(2)10(13)11(14)8-4-3-5-9(12)6-8/h3-7,10,13H,1-2H3. The van der Waals surface area contributed by atoms with Gasteiger partial charge in [0.1, 0.15) is 11.9 Å². The van der Waals surface area contributed by atoms with E-state index in [1.165, 1.54) is 18.2 Å². The Bertz CT molecular complexity index is 334. The van der Waals surface area contributed by atoms with Gasteiger partial charge in [-0.15, -0.1) is 0 Å². The maximum Gasteiger partial charge on any atom is 0.191 e. The topological polar surface area (TPSA) is 37.3 Å². The molecule has 0 aromatic heterocycles. The first-order chi connectivity index (χ1) is 6.52. The van der Waals surface area contributed by atoms with Crippen molar-refractivity contribution >= 4 is 5.78 Å². The lowest BCUT2D eigenvalue weighted by atomic mass is 9.98. The molecule has 1 aromatic carbocycles. The second kappa shape index (κ2) is 4.33. The largest absolute Gasteiger partial charge is 0.385 e. The molecular formula is C11H13FO2. The molecule has 0 radical (unpaired) electrons. The monoisotopic (exact) mass is 196 g/mol. The predicted molar refractivity (Wildman–Crippen MR) is 51.6 cm³/mol. The molecule has 0 saturated heterocycles. The Morgan fingerprint density at radius 2 is 2.07 bits per heavy atom. The molecule has 0 fully saturated rings. The highest BCUT2D eigenvalue weighted by Gasteiger charge is 2.20. The molecule has 1 rings (SSSR count). The summed E-state index contributed by atoms with van der Waals surface area (Å²) in [4.78, 5) is 11.5. The van der Waals surface area contributed by atoms with Gasteiger partial charge in [-0.05, 0) is 18.1 Å². The molecule has 0 aliphatic carbocycles. The Balaban J connectivity index is 2.89. The van der Waals surface area contributed by atoms with Crippen molar-refractivity contribution in [3.05, 3.63) is 35.6 Å². The molecule has 1 atom stereocenters. The van der Waals surface area contributed by atoms with Crippen molar-refractivity contribution in [2.45, 2.75) is 20.0 Å². The van der Waals surface area contributed by atoms with E-state index in [-0.39, 0.29) is 11.5 Å². The van der Waals surface area contributed by atoms with Crippen molar-refractivity contribution < 1.29 is 14.3 Å². The van der Waals surface area contributed by atoms with Crippen LogP contribution in [0.3, 0.4) is 0 Å². The molecule has 0 bridgehead atoms. The summed E-state index contributed by atoms with van der Waals surface area (Å²) in [5.74, 6) is -1.06. The lowest BCUT2D eigenvalue weighted by molar-refractivity contribution is 0.0647. The Hall–Kier alpha value is -1.22. The number of aliphatic hydroxyl groups excluding tert-OH is 1. The smallest absolute Gasteiger partial charge is 0.191 e. The summed E-state index contributed by atoms with van der Waals surface area (Å²) in [7, 11) is 0. The van der Waals surface area contributed by atoms with E-state index in [0.29, 0.717) is 0 Å². The van der Waals surface area contributed by atoms with Crippen LogP contribution < -0.4 is 0 Å². The first-order valence-corrected chi connectivity index (χ1v) is 4.50. The average molecular weight is 196 g/mol. The van der Waals surface area contributed by atoms with E-state index in [0.717, 1.165) is 6.07 Å². The highest BCUT2D eigenvalue weighted by atomic mass is 19.1. The maximum absolute atomic E-state index is 12.8. The fraction of sp³-hybridized carbons (Fsp3) is 0.364. The molecule has 3 heteroatoms. The number of rotatable bonds is 3. The number of carbonyl (C=O) groups is 1. The van der Waals surface area contributed by atoms with Crippen LogP contribution in [0.15, 0.2) is 24.3 Å². The van der Waals surface area contributed by atoms with E-state index in [9.17, 15) is 14.3 Å². The zero-order valence-corrected chi connectivity index (χ0v) is 8.20. The lowest BCUT2D eigenvalue weighted by Gasteiger charge is -2.12. The summed E-state index contributed by atoms with van der Waals surface area (Å²) < 4.78 is 12.8. The third kappa shape index (κ3) is 2.39. The van der Waals surface area contributed by atoms with Gasteiger partial charge >= 0.3 is 0 Å². The molecule has 0 saturated carbocycles. The van der Waals surface area contributed by atoms with Gasteiger partial charge in [-0.2, -0.15) is 0 Å². The summed E-state index contributed by atoms with van der Waals surface area (Å²) in [6, 6.07) is 5.35. The van der Waals surface area contributed by atoms with Gasteiger partial charge in [0.25, 0.3) is 0 Å². The van der Waals surface area contributed by atoms with Crippen molar-refractivity contribution in [1.29, 1.82) is 0 Å². The molecule has 0 amide bonds. The van der Waals surface area contributed by atoms with E-state index in [1.807, 2.05) is 0 Å². The number of hydrogen-bond donors (Lipinski definition) is 1. The van der Waals surface area contributed by atoms with Crippen LogP contribution in [0.5, 0.6) is 0 Å². The van der Waals surface area contributed by atoms with Crippen LogP contribution in [0.25, 0.3) is 0 Å². The maximum atomic E-state index is 12.8. The zero-order valence-electron chi connectivity index (χ0n) is 8.20. The van der Waals surface area contributed by atoms with Crippen molar-refractivity contribution in [1.82, 2.24) is 0 Å². The third-order valence-corrected chi connectivity index (χ3v) is 2.01. The Morgan fingerprint density at radius 3 is 2.57 bits per heavy atom. The number of benzene rings is 1. The van der Waals surface area contributed by atoms with E-state index in [2.05, 4.69) is 0 Å². The third-order valence-electron chi connectivity index (χ3n) is 2.01. The van der Waals surface area contributed by atoms with Crippen LogP contribution in [-0.4, -0.2) is 17.0 Å². The normalized spacial score (nSPS) is 12.9. The van der Waals surface area contributed by atoms with Crippen LogP contribution in [0, 0.1) is 11.7 Å². The molecule has 0 aliphatic heterocycles. The summed E-state index contributed by atoms with van der Waals surface area (Å²) in [6.45, 7) is 3.48. The number of carbonyl (C=O) groups excluding carboxylic acids is 1. The Morgan fingerprint density at radius 1 is 1.43 bits per heavy atom. The van der Waals surface area contributed by atoms with Gasteiger partial charge in [0, 0.05) is 5.56 Å². The van der Waals surface area contributed by atoms with Crippen LogP contribution >= 0.6 is 0 Å². The van der Waals surface area contributed by atoms with Crippen LogP contribution in [0.1, 0.15) is 24.2 Å². The van der Waals surface area contributed by atoms with E-state index in [1.54, 1.807) is 13.8 Å². The summed E-state index contributed by atoms with van der Waals surface area (Å²) in [5, 5.41) is 9.47. The highest BCUT2D eigenvalue weighted by Crippen LogP contribution is 2.11. The van der Waals surface area contributed by atoms with Crippen LogP contribution in [0.4, 0.5) is 4.39 Å². The van der Waals surface area contributed by atoms with E-state index in [4.69, 9.17) is 0 Å². The van der Waals surface area contributed by atoms with Crippen LogP contribution in [0.2, 0.25) is 0 Å². The molecule has 0 spiro atoms. The first kappa shape index (κ1) is 10.9. The van der Waals surface area contributed by atoms with Gasteiger partial charge in [-0.1, -0.05) is 26.0 Å². The minimum atomic E-state index is -1.06. The second-order valence-electron chi connectivity index (χ2n) is 3.56. The lowest BCUT2D eigenvalue weighted by Crippen LogP contribution is -2.26. The van der Waals surface area contributed by atoms with Gasteiger partial charge in [-0.3, -0.25) is 4.79 Å². The van der Waals surface area contributed by atoms with Crippen molar-refractivity contribution in [3.63, 3.8) is 0 Å². The molecule has 1 unspecified atom stereocenters. The minimum Gasteiger partial charge on any atom is -0.385 e. The van der Waals surface area contributed by atoms with Gasteiger partial charge in [0.2, 0.25) is 0 Å². The number of aliphatic hydroxyl groups is 1. The van der Waals surface area contributed by atoms with Crippen molar-refractivity contribution in [2.75, 3.05) is 0 Å². The van der Waals surface area contributed by atoms with Crippen molar-refractivity contribution in [3.8, 4) is 0 Å². The molecule has 1 N–H and O–H groups in total.